The molecule has 0 aromatic heterocycles. The zero-order valence-corrected chi connectivity index (χ0v) is 23.5. The number of methoxy groups -OCH3 is 1. The number of carbonyl (C=O) groups excluding carboxylic acids is 2. The Labute approximate surface area is 225 Å². The first-order valence-corrected chi connectivity index (χ1v) is 14.6. The normalized spacial score (nSPS) is 12.3. The lowest BCUT2D eigenvalue weighted by Crippen LogP contribution is -2.52. The fourth-order valence-electron chi connectivity index (χ4n) is 4.33. The van der Waals surface area contributed by atoms with Crippen LogP contribution in [0.1, 0.15) is 32.8 Å². The van der Waals surface area contributed by atoms with Gasteiger partial charge in [-0.2, -0.15) is 0 Å². The number of sulfonamides is 1. The number of nitrogens with zero attached hydrogens (tertiary/aromatic N) is 2. The van der Waals surface area contributed by atoms with Crippen molar-refractivity contribution in [3.8, 4) is 5.75 Å². The highest BCUT2D eigenvalue weighted by molar-refractivity contribution is 7.92. The molecule has 1 atom stereocenters. The van der Waals surface area contributed by atoms with Crippen LogP contribution in [-0.4, -0.2) is 57.6 Å². The highest BCUT2D eigenvalue weighted by Crippen LogP contribution is 2.29. The maximum atomic E-state index is 13.9. The maximum absolute atomic E-state index is 13.9. The number of carbonyl (C=O) groups is 2. The molecule has 0 radical (unpaired) electrons. The van der Waals surface area contributed by atoms with Gasteiger partial charge in [-0.05, 0) is 41.5 Å². The third-order valence-electron chi connectivity index (χ3n) is 6.27. The van der Waals surface area contributed by atoms with Crippen molar-refractivity contribution in [3.05, 3.63) is 72.3 Å². The van der Waals surface area contributed by atoms with Crippen molar-refractivity contribution in [2.24, 2.45) is 5.92 Å². The average molecular weight is 540 g/mol. The van der Waals surface area contributed by atoms with Gasteiger partial charge < -0.3 is 15.0 Å². The molecule has 0 spiro atoms. The molecule has 0 heterocycles. The van der Waals surface area contributed by atoms with Gasteiger partial charge in [0.15, 0.2) is 0 Å². The highest BCUT2D eigenvalue weighted by Gasteiger charge is 2.32. The second-order valence-electron chi connectivity index (χ2n) is 9.70. The van der Waals surface area contributed by atoms with Gasteiger partial charge in [0.2, 0.25) is 21.8 Å². The minimum Gasteiger partial charge on any atom is -0.497 e. The van der Waals surface area contributed by atoms with E-state index in [1.807, 2.05) is 63.2 Å². The molecule has 0 saturated heterocycles. The Morgan fingerprint density at radius 1 is 1.00 bits per heavy atom. The first kappa shape index (κ1) is 29.0. The monoisotopic (exact) mass is 539 g/mol. The zero-order valence-electron chi connectivity index (χ0n) is 22.7. The molecule has 2 amide bonds. The molecule has 0 bridgehead atoms. The van der Waals surface area contributed by atoms with E-state index < -0.39 is 28.5 Å². The smallest absolute Gasteiger partial charge is 0.244 e. The minimum absolute atomic E-state index is 0.122. The van der Waals surface area contributed by atoms with E-state index in [0.717, 1.165) is 21.5 Å². The zero-order chi connectivity index (χ0) is 27.9. The molecule has 0 aliphatic carbocycles. The molecule has 8 nitrogen and oxygen atoms in total. The molecule has 0 fully saturated rings. The van der Waals surface area contributed by atoms with Crippen LogP contribution in [0.15, 0.2) is 66.7 Å². The highest BCUT2D eigenvalue weighted by atomic mass is 32.2. The average Bonchev–Trinajstić information content (AvgIpc) is 2.89. The van der Waals surface area contributed by atoms with Crippen molar-refractivity contribution in [1.82, 2.24) is 10.2 Å². The number of ether oxygens (including phenoxy) is 1. The molecule has 3 aromatic rings. The lowest BCUT2D eigenvalue weighted by molar-refractivity contribution is -0.140. The Bertz CT molecular complexity index is 1370. The summed E-state index contributed by atoms with van der Waals surface area (Å²) in [7, 11) is -2.27. The van der Waals surface area contributed by atoms with Crippen molar-refractivity contribution in [1.29, 1.82) is 0 Å². The number of fused-ring (bicyclic) bond motifs is 1. The van der Waals surface area contributed by atoms with Crippen LogP contribution in [0.4, 0.5) is 5.69 Å². The van der Waals surface area contributed by atoms with Crippen LogP contribution in [0.25, 0.3) is 10.8 Å². The van der Waals surface area contributed by atoms with Crippen molar-refractivity contribution < 1.29 is 22.7 Å². The van der Waals surface area contributed by atoms with Crippen LogP contribution >= 0.6 is 0 Å². The standard InChI is InChI=1S/C29H37N3O5S/c1-6-26(29(34)30-18-21(2)3)31(19-22-11-9-14-24(17-22)37-4)28(33)20-32(38(5,35)36)27-16-10-13-23-12-7-8-15-25(23)27/h7-17,21,26H,6,18-20H2,1-5H3,(H,30,34). The number of anilines is 1. The van der Waals surface area contributed by atoms with Crippen molar-refractivity contribution in [3.63, 3.8) is 0 Å². The summed E-state index contributed by atoms with van der Waals surface area (Å²) < 4.78 is 32.4. The molecule has 3 rings (SSSR count). The topological polar surface area (TPSA) is 96.0 Å². The number of hydrogen-bond donors (Lipinski definition) is 1. The second-order valence-corrected chi connectivity index (χ2v) is 11.6. The first-order valence-electron chi connectivity index (χ1n) is 12.7. The summed E-state index contributed by atoms with van der Waals surface area (Å²) in [6.07, 6.45) is 1.45. The van der Waals surface area contributed by atoms with Crippen LogP contribution in [0.3, 0.4) is 0 Å². The van der Waals surface area contributed by atoms with E-state index in [1.54, 1.807) is 31.4 Å². The van der Waals surface area contributed by atoms with Crippen molar-refractivity contribution in [2.45, 2.75) is 39.8 Å². The van der Waals surface area contributed by atoms with Crippen molar-refractivity contribution in [2.75, 3.05) is 30.8 Å². The van der Waals surface area contributed by atoms with Gasteiger partial charge in [0.1, 0.15) is 18.3 Å². The predicted molar refractivity (Wildman–Crippen MR) is 152 cm³/mol. The van der Waals surface area contributed by atoms with Gasteiger partial charge in [0.25, 0.3) is 0 Å². The molecule has 1 N–H and O–H groups in total. The second kappa shape index (κ2) is 12.8. The summed E-state index contributed by atoms with van der Waals surface area (Å²) in [5.74, 6) is 0.123. The number of nitrogens with one attached hydrogen (secondary N) is 1. The molecule has 1 unspecified atom stereocenters. The molecule has 38 heavy (non-hydrogen) atoms. The molecular formula is C29H37N3O5S. The quantitative estimate of drug-likeness (QED) is 0.372. The van der Waals surface area contributed by atoms with Crippen LogP contribution in [0, 0.1) is 5.92 Å². The van der Waals surface area contributed by atoms with E-state index in [4.69, 9.17) is 4.74 Å². The van der Waals surface area contributed by atoms with Gasteiger partial charge >= 0.3 is 0 Å². The summed E-state index contributed by atoms with van der Waals surface area (Å²) >= 11 is 0. The van der Waals surface area contributed by atoms with E-state index in [2.05, 4.69) is 5.32 Å². The number of benzene rings is 3. The molecule has 0 aliphatic rings. The molecule has 9 heteroatoms. The van der Waals surface area contributed by atoms with Crippen LogP contribution in [-0.2, 0) is 26.2 Å². The summed E-state index contributed by atoms with van der Waals surface area (Å²) in [5, 5.41) is 4.50. The molecule has 0 aliphatic heterocycles. The van der Waals surface area contributed by atoms with Crippen LogP contribution in [0.5, 0.6) is 5.75 Å². The lowest BCUT2D eigenvalue weighted by Gasteiger charge is -2.33. The SMILES string of the molecule is CCC(C(=O)NCC(C)C)N(Cc1cccc(OC)c1)C(=O)CN(c1cccc2ccccc12)S(C)(=O)=O. The van der Waals surface area contributed by atoms with Gasteiger partial charge in [0.05, 0.1) is 19.1 Å². The van der Waals surface area contributed by atoms with Gasteiger partial charge in [-0.25, -0.2) is 8.42 Å². The Balaban J connectivity index is 2.02. The number of rotatable bonds is 12. The third kappa shape index (κ3) is 7.25. The maximum Gasteiger partial charge on any atom is 0.244 e. The van der Waals surface area contributed by atoms with E-state index in [-0.39, 0.29) is 18.4 Å². The van der Waals surface area contributed by atoms with Gasteiger partial charge in [-0.1, -0.05) is 69.3 Å². The van der Waals surface area contributed by atoms with Gasteiger partial charge in [-0.3, -0.25) is 13.9 Å². The fraction of sp³-hybridized carbons (Fsp3) is 0.379. The van der Waals surface area contributed by atoms with Gasteiger partial charge in [0, 0.05) is 18.5 Å². The minimum atomic E-state index is -3.83. The molecular weight excluding hydrogens is 502 g/mol. The summed E-state index contributed by atoms with van der Waals surface area (Å²) in [6, 6.07) is 19.3. The molecule has 3 aromatic carbocycles. The lowest BCUT2D eigenvalue weighted by atomic mass is 10.1. The van der Waals surface area contributed by atoms with E-state index in [1.165, 1.54) is 4.90 Å². The Morgan fingerprint density at radius 2 is 1.68 bits per heavy atom. The van der Waals surface area contributed by atoms with Crippen LogP contribution in [0.2, 0.25) is 0 Å². The summed E-state index contributed by atoms with van der Waals surface area (Å²) in [5.41, 5.74) is 1.18. The summed E-state index contributed by atoms with van der Waals surface area (Å²) in [4.78, 5) is 28.6. The van der Waals surface area contributed by atoms with E-state index in [9.17, 15) is 18.0 Å². The Kier molecular flexibility index (Phi) is 9.74. The largest absolute Gasteiger partial charge is 0.497 e. The number of amides is 2. The summed E-state index contributed by atoms with van der Waals surface area (Å²) in [6.45, 7) is 5.98. The van der Waals surface area contributed by atoms with E-state index in [0.29, 0.717) is 29.8 Å². The van der Waals surface area contributed by atoms with Gasteiger partial charge in [-0.15, -0.1) is 0 Å². The first-order chi connectivity index (χ1) is 18.0. The Hall–Kier alpha value is -3.59. The van der Waals surface area contributed by atoms with Crippen LogP contribution < -0.4 is 14.4 Å². The number of hydrogen-bond acceptors (Lipinski definition) is 5. The van der Waals surface area contributed by atoms with E-state index >= 15 is 0 Å². The molecule has 0 saturated carbocycles. The molecule has 204 valence electrons. The predicted octanol–water partition coefficient (Wildman–Crippen LogP) is 4.19. The Morgan fingerprint density at radius 3 is 2.34 bits per heavy atom. The van der Waals surface area contributed by atoms with Crippen molar-refractivity contribution >= 4 is 38.3 Å². The third-order valence-corrected chi connectivity index (χ3v) is 7.40. The fourth-order valence-corrected chi connectivity index (χ4v) is 5.19.